The Kier molecular flexibility index (Phi) is 4.20. The Morgan fingerprint density at radius 1 is 1.25 bits per heavy atom. The van der Waals surface area contributed by atoms with Crippen LogP contribution < -0.4 is 10.6 Å². The van der Waals surface area contributed by atoms with Gasteiger partial charge in [-0.15, -0.1) is 10.2 Å². The van der Waals surface area contributed by atoms with E-state index < -0.39 is 0 Å². The fourth-order valence-electron chi connectivity index (χ4n) is 1.88. The average Bonchev–Trinajstić information content (AvgIpc) is 2.78. The molecule has 6 nitrogen and oxygen atoms in total. The van der Waals surface area contributed by atoms with Crippen molar-refractivity contribution < 1.29 is 0 Å². The minimum Gasteiger partial charge on any atom is -0.384 e. The fourth-order valence-corrected chi connectivity index (χ4v) is 1.88. The van der Waals surface area contributed by atoms with Crippen LogP contribution in [-0.2, 0) is 13.6 Å². The van der Waals surface area contributed by atoms with Crippen molar-refractivity contribution in [2.45, 2.75) is 20.4 Å². The Bertz CT molecular complexity index is 638. The van der Waals surface area contributed by atoms with Crippen molar-refractivity contribution in [2.24, 2.45) is 7.05 Å². The molecule has 0 saturated heterocycles. The molecule has 2 rings (SSSR count). The lowest BCUT2D eigenvalue weighted by molar-refractivity contribution is 0.789. The molecule has 0 unspecified atom stereocenters. The summed E-state index contributed by atoms with van der Waals surface area (Å²) in [5.41, 5.74) is 2.50. The van der Waals surface area contributed by atoms with Crippen molar-refractivity contribution in [2.75, 3.05) is 17.2 Å². The summed E-state index contributed by atoms with van der Waals surface area (Å²) in [6.45, 7) is 5.33. The van der Waals surface area contributed by atoms with Gasteiger partial charge in [0.15, 0.2) is 5.82 Å². The van der Waals surface area contributed by atoms with Crippen LogP contribution in [0, 0.1) is 18.3 Å². The largest absolute Gasteiger partial charge is 0.384 e. The van der Waals surface area contributed by atoms with Gasteiger partial charge in [0.2, 0.25) is 0 Å². The smallest absolute Gasteiger partial charge is 0.152 e. The van der Waals surface area contributed by atoms with E-state index in [1.807, 2.05) is 37.6 Å². The lowest BCUT2D eigenvalue weighted by Crippen LogP contribution is -2.09. The van der Waals surface area contributed by atoms with Crippen molar-refractivity contribution in [3.05, 3.63) is 35.4 Å². The summed E-state index contributed by atoms with van der Waals surface area (Å²) in [5.74, 6) is 1.73. The average molecular weight is 270 g/mol. The first kappa shape index (κ1) is 13.9. The highest BCUT2D eigenvalue weighted by Crippen LogP contribution is 2.23. The van der Waals surface area contributed by atoms with Crippen LogP contribution in [0.15, 0.2) is 18.2 Å². The Hall–Kier alpha value is -2.55. The first-order valence-corrected chi connectivity index (χ1v) is 6.52. The van der Waals surface area contributed by atoms with Gasteiger partial charge in [-0.1, -0.05) is 0 Å². The van der Waals surface area contributed by atoms with Crippen LogP contribution >= 0.6 is 0 Å². The first-order chi connectivity index (χ1) is 9.65. The maximum atomic E-state index is 8.99. The van der Waals surface area contributed by atoms with Crippen molar-refractivity contribution in [1.29, 1.82) is 5.26 Å². The van der Waals surface area contributed by atoms with Gasteiger partial charge in [-0.2, -0.15) is 5.26 Å². The van der Waals surface area contributed by atoms with Crippen molar-refractivity contribution >= 4 is 11.4 Å². The van der Waals surface area contributed by atoms with Gasteiger partial charge in [-0.25, -0.2) is 0 Å². The van der Waals surface area contributed by atoms with Gasteiger partial charge in [0.05, 0.1) is 29.6 Å². The highest BCUT2D eigenvalue weighted by atomic mass is 15.3. The van der Waals surface area contributed by atoms with Gasteiger partial charge >= 0.3 is 0 Å². The van der Waals surface area contributed by atoms with Gasteiger partial charge in [0.25, 0.3) is 0 Å². The first-order valence-electron chi connectivity index (χ1n) is 6.52. The number of nitriles is 1. The van der Waals surface area contributed by atoms with E-state index >= 15 is 0 Å². The number of rotatable bonds is 5. The van der Waals surface area contributed by atoms with Crippen LogP contribution in [0.1, 0.15) is 24.1 Å². The molecular weight excluding hydrogens is 252 g/mol. The van der Waals surface area contributed by atoms with Gasteiger partial charge in [-0.05, 0) is 32.0 Å². The number of anilines is 2. The Balaban J connectivity index is 2.19. The maximum absolute atomic E-state index is 8.99. The molecule has 1 aromatic heterocycles. The highest BCUT2D eigenvalue weighted by molar-refractivity contribution is 5.70. The third-order valence-corrected chi connectivity index (χ3v) is 3.14. The molecule has 1 aromatic carbocycles. The molecule has 0 spiro atoms. The summed E-state index contributed by atoms with van der Waals surface area (Å²) < 4.78 is 1.94. The van der Waals surface area contributed by atoms with Gasteiger partial charge in [0, 0.05) is 13.6 Å². The molecule has 0 bridgehead atoms. The van der Waals surface area contributed by atoms with Crippen LogP contribution in [0.4, 0.5) is 11.4 Å². The molecule has 0 aliphatic rings. The minimum absolute atomic E-state index is 0.560. The standard InChI is InChI=1S/C14H18N6/c1-4-16-12-6-5-11(8-15)7-13(12)17-9-14-19-18-10(2)20(14)3/h5-7,16-17H,4,9H2,1-3H3. The van der Waals surface area contributed by atoms with Crippen LogP contribution in [0.2, 0.25) is 0 Å². The molecule has 6 heteroatoms. The zero-order valence-corrected chi connectivity index (χ0v) is 11.9. The van der Waals surface area contributed by atoms with E-state index in [4.69, 9.17) is 5.26 Å². The second-order valence-electron chi connectivity index (χ2n) is 4.48. The topological polar surface area (TPSA) is 78.6 Å². The number of aryl methyl sites for hydroxylation is 1. The third-order valence-electron chi connectivity index (χ3n) is 3.14. The second-order valence-corrected chi connectivity index (χ2v) is 4.48. The number of hydrogen-bond donors (Lipinski definition) is 2. The molecule has 104 valence electrons. The molecule has 0 saturated carbocycles. The van der Waals surface area contributed by atoms with Crippen LogP contribution in [-0.4, -0.2) is 21.3 Å². The van der Waals surface area contributed by atoms with Crippen molar-refractivity contribution in [3.63, 3.8) is 0 Å². The fraction of sp³-hybridized carbons (Fsp3) is 0.357. The summed E-state index contributed by atoms with van der Waals surface area (Å²) in [6, 6.07) is 7.69. The number of hydrogen-bond acceptors (Lipinski definition) is 5. The maximum Gasteiger partial charge on any atom is 0.152 e. The molecule has 1 heterocycles. The molecule has 0 aliphatic heterocycles. The summed E-state index contributed by atoms with van der Waals surface area (Å²) in [7, 11) is 1.93. The molecule has 0 fully saturated rings. The quantitative estimate of drug-likeness (QED) is 0.869. The minimum atomic E-state index is 0.560. The normalized spacial score (nSPS) is 10.1. The second kappa shape index (κ2) is 6.06. The molecule has 0 amide bonds. The van der Waals surface area contributed by atoms with E-state index in [-0.39, 0.29) is 0 Å². The zero-order chi connectivity index (χ0) is 14.5. The number of benzene rings is 1. The molecule has 2 N–H and O–H groups in total. The third kappa shape index (κ3) is 2.88. The Morgan fingerprint density at radius 3 is 2.65 bits per heavy atom. The summed E-state index contributed by atoms with van der Waals surface area (Å²) in [5, 5.41) is 23.7. The van der Waals surface area contributed by atoms with Crippen LogP contribution in [0.25, 0.3) is 0 Å². The Morgan fingerprint density at radius 2 is 2.05 bits per heavy atom. The van der Waals surface area contributed by atoms with Crippen molar-refractivity contribution in [1.82, 2.24) is 14.8 Å². The predicted molar refractivity (Wildman–Crippen MR) is 78.4 cm³/mol. The van der Waals surface area contributed by atoms with E-state index in [9.17, 15) is 0 Å². The number of nitrogens with zero attached hydrogens (tertiary/aromatic N) is 4. The van der Waals surface area contributed by atoms with Crippen LogP contribution in [0.3, 0.4) is 0 Å². The van der Waals surface area contributed by atoms with E-state index in [0.717, 1.165) is 29.6 Å². The summed E-state index contributed by atoms with van der Waals surface area (Å²) >= 11 is 0. The van der Waals surface area contributed by atoms with Gasteiger partial charge < -0.3 is 15.2 Å². The van der Waals surface area contributed by atoms with Gasteiger partial charge in [0.1, 0.15) is 5.82 Å². The number of aromatic nitrogens is 3. The molecule has 2 aromatic rings. The monoisotopic (exact) mass is 270 g/mol. The molecule has 0 radical (unpaired) electrons. The molecular formula is C14H18N6. The number of nitrogens with one attached hydrogen (secondary N) is 2. The van der Waals surface area contributed by atoms with E-state index in [2.05, 4.69) is 26.9 Å². The molecule has 0 atom stereocenters. The Labute approximate surface area is 118 Å². The van der Waals surface area contributed by atoms with E-state index in [1.54, 1.807) is 6.07 Å². The highest BCUT2D eigenvalue weighted by Gasteiger charge is 2.07. The molecule has 0 aliphatic carbocycles. The van der Waals surface area contributed by atoms with E-state index in [0.29, 0.717) is 12.1 Å². The van der Waals surface area contributed by atoms with Crippen LogP contribution in [0.5, 0.6) is 0 Å². The van der Waals surface area contributed by atoms with E-state index in [1.165, 1.54) is 0 Å². The summed E-state index contributed by atoms with van der Waals surface area (Å²) in [6.07, 6.45) is 0. The lowest BCUT2D eigenvalue weighted by atomic mass is 10.2. The zero-order valence-electron chi connectivity index (χ0n) is 11.9. The summed E-state index contributed by atoms with van der Waals surface area (Å²) in [4.78, 5) is 0. The van der Waals surface area contributed by atoms with Gasteiger partial charge in [-0.3, -0.25) is 0 Å². The van der Waals surface area contributed by atoms with Crippen molar-refractivity contribution in [3.8, 4) is 6.07 Å². The lowest BCUT2D eigenvalue weighted by Gasteiger charge is -2.13. The molecule has 20 heavy (non-hydrogen) atoms. The SMILES string of the molecule is CCNc1ccc(C#N)cc1NCc1nnc(C)n1C. The predicted octanol–water partition coefficient (Wildman–Crippen LogP) is 2.04.